The number of aliphatic hydroxyl groups excluding tert-OH is 1. The Morgan fingerprint density at radius 3 is 2.57 bits per heavy atom. The fourth-order valence-corrected chi connectivity index (χ4v) is 4.01. The highest BCUT2D eigenvalue weighted by molar-refractivity contribution is 5.92. The molecule has 1 aliphatic heterocycles. The number of hydrogen-bond donors (Lipinski definition) is 2. The largest absolute Gasteiger partial charge is 0.394 e. The molecule has 4 rings (SSSR count). The van der Waals surface area contributed by atoms with Gasteiger partial charge in [-0.1, -0.05) is 30.3 Å². The van der Waals surface area contributed by atoms with Gasteiger partial charge in [0, 0.05) is 24.7 Å². The molecule has 0 unspecified atom stereocenters. The molecule has 0 saturated carbocycles. The van der Waals surface area contributed by atoms with Crippen molar-refractivity contribution in [1.82, 2.24) is 9.88 Å². The average Bonchev–Trinajstić information content (AvgIpc) is 2.74. The van der Waals surface area contributed by atoms with Gasteiger partial charge in [-0.15, -0.1) is 0 Å². The molecule has 0 aliphatic carbocycles. The predicted octanol–water partition coefficient (Wildman–Crippen LogP) is 3.22. The lowest BCUT2D eigenvalue weighted by Gasteiger charge is -2.35. The van der Waals surface area contributed by atoms with Crippen molar-refractivity contribution in [3.63, 3.8) is 0 Å². The van der Waals surface area contributed by atoms with Gasteiger partial charge in [-0.25, -0.2) is 13.8 Å². The Bertz CT molecular complexity index is 1090. The van der Waals surface area contributed by atoms with Gasteiger partial charge in [-0.05, 0) is 41.3 Å². The van der Waals surface area contributed by atoms with E-state index in [1.165, 1.54) is 18.2 Å². The number of fused-ring (bicyclic) bond motifs is 1. The van der Waals surface area contributed by atoms with Gasteiger partial charge in [0.15, 0.2) is 0 Å². The Kier molecular flexibility index (Phi) is 5.57. The molecule has 2 heterocycles. The highest BCUT2D eigenvalue weighted by atomic mass is 19.1. The second kappa shape index (κ2) is 8.30. The lowest BCUT2D eigenvalue weighted by molar-refractivity contribution is 0.0989. The normalized spacial score (nSPS) is 14.9. The number of aliphatic hydroxyl groups is 1. The van der Waals surface area contributed by atoms with E-state index >= 15 is 0 Å². The fraction of sp³-hybridized carbons (Fsp3) is 0.217. The highest BCUT2D eigenvalue weighted by Crippen LogP contribution is 2.34. The van der Waals surface area contributed by atoms with E-state index in [1.54, 1.807) is 0 Å². The van der Waals surface area contributed by atoms with Crippen LogP contribution in [0.15, 0.2) is 54.6 Å². The maximum atomic E-state index is 14.5. The van der Waals surface area contributed by atoms with Gasteiger partial charge in [-0.3, -0.25) is 9.69 Å². The summed E-state index contributed by atoms with van der Waals surface area (Å²) < 4.78 is 27.9. The third kappa shape index (κ3) is 3.81. The highest BCUT2D eigenvalue weighted by Gasteiger charge is 2.28. The first-order chi connectivity index (χ1) is 14.5. The van der Waals surface area contributed by atoms with E-state index in [1.807, 2.05) is 30.3 Å². The first kappa shape index (κ1) is 20.1. The molecule has 1 atom stereocenters. The molecule has 0 fully saturated rings. The molecule has 1 aromatic heterocycles. The number of nitrogens with two attached hydrogens (primary N) is 1. The number of carbonyl (C=O) groups excluding carboxylic acids is 1. The summed E-state index contributed by atoms with van der Waals surface area (Å²) in [7, 11) is 0. The molecule has 0 saturated heterocycles. The quantitative estimate of drug-likeness (QED) is 0.678. The summed E-state index contributed by atoms with van der Waals surface area (Å²) in [4.78, 5) is 18.3. The van der Waals surface area contributed by atoms with Crippen LogP contribution in [0.4, 0.5) is 8.78 Å². The van der Waals surface area contributed by atoms with Crippen molar-refractivity contribution in [2.75, 3.05) is 13.2 Å². The van der Waals surface area contributed by atoms with Crippen molar-refractivity contribution in [1.29, 1.82) is 0 Å². The van der Waals surface area contributed by atoms with E-state index in [4.69, 9.17) is 5.73 Å². The Morgan fingerprint density at radius 1 is 1.13 bits per heavy atom. The van der Waals surface area contributed by atoms with Crippen LogP contribution in [0.3, 0.4) is 0 Å². The zero-order chi connectivity index (χ0) is 21.3. The summed E-state index contributed by atoms with van der Waals surface area (Å²) >= 11 is 0. The Morgan fingerprint density at radius 2 is 1.90 bits per heavy atom. The summed E-state index contributed by atoms with van der Waals surface area (Å²) in [5.74, 6) is -2.10. The summed E-state index contributed by atoms with van der Waals surface area (Å²) in [6, 6.07) is 14.2. The number of amides is 1. The minimum absolute atomic E-state index is 0.0228. The minimum atomic E-state index is -0.722. The molecule has 154 valence electrons. The van der Waals surface area contributed by atoms with E-state index in [-0.39, 0.29) is 23.9 Å². The van der Waals surface area contributed by atoms with Crippen LogP contribution in [0, 0.1) is 11.6 Å². The number of hydrogen-bond acceptors (Lipinski definition) is 4. The number of halogens is 2. The molecule has 2 aromatic carbocycles. The van der Waals surface area contributed by atoms with Gasteiger partial charge in [-0.2, -0.15) is 0 Å². The molecular weight excluding hydrogens is 388 g/mol. The van der Waals surface area contributed by atoms with Crippen LogP contribution in [-0.4, -0.2) is 34.0 Å². The molecule has 3 aromatic rings. The van der Waals surface area contributed by atoms with Crippen LogP contribution in [0.5, 0.6) is 0 Å². The monoisotopic (exact) mass is 409 g/mol. The SMILES string of the molecule is NC(=O)c1cc(-c2ccc(F)cc2F)c2c(n1)CN([C@@H](CO)c1ccccc1)CC2. The third-order valence-corrected chi connectivity index (χ3v) is 5.48. The molecular formula is C23H21F2N3O2. The molecule has 5 nitrogen and oxygen atoms in total. The molecule has 1 aliphatic rings. The van der Waals surface area contributed by atoms with Crippen LogP contribution in [-0.2, 0) is 13.0 Å². The van der Waals surface area contributed by atoms with Crippen LogP contribution < -0.4 is 5.73 Å². The van der Waals surface area contributed by atoms with Crippen LogP contribution in [0.25, 0.3) is 11.1 Å². The summed E-state index contributed by atoms with van der Waals surface area (Å²) in [6.45, 7) is 0.904. The molecule has 7 heteroatoms. The van der Waals surface area contributed by atoms with Crippen molar-refractivity contribution < 1.29 is 18.7 Å². The molecule has 30 heavy (non-hydrogen) atoms. The smallest absolute Gasteiger partial charge is 0.267 e. The Hall–Kier alpha value is -3.16. The average molecular weight is 409 g/mol. The van der Waals surface area contributed by atoms with Gasteiger partial charge in [0.25, 0.3) is 5.91 Å². The van der Waals surface area contributed by atoms with Crippen LogP contribution in [0.2, 0.25) is 0 Å². The summed E-state index contributed by atoms with van der Waals surface area (Å²) in [5, 5.41) is 10.00. The van der Waals surface area contributed by atoms with E-state index in [0.717, 1.165) is 17.2 Å². The van der Waals surface area contributed by atoms with E-state index in [9.17, 15) is 18.7 Å². The topological polar surface area (TPSA) is 79.5 Å². The Balaban J connectivity index is 1.77. The van der Waals surface area contributed by atoms with Crippen LogP contribution in [0.1, 0.15) is 33.4 Å². The second-order valence-corrected chi connectivity index (χ2v) is 7.30. The molecule has 3 N–H and O–H groups in total. The van der Waals surface area contributed by atoms with E-state index in [2.05, 4.69) is 9.88 Å². The van der Waals surface area contributed by atoms with Crippen molar-refractivity contribution >= 4 is 5.91 Å². The standard InChI is InChI=1S/C23H21F2N3O2/c24-15-6-7-16(19(25)10-15)18-11-20(23(26)30)27-21-12-28(9-8-17(18)21)22(13-29)14-4-2-1-3-5-14/h1-7,10-11,22,29H,8-9,12-13H2,(H2,26,30)/t22-/m0/s1. The number of primary amides is 1. The van der Waals surface area contributed by atoms with Gasteiger partial charge in [0.05, 0.1) is 18.3 Å². The van der Waals surface area contributed by atoms with Crippen molar-refractivity contribution in [2.24, 2.45) is 5.73 Å². The van der Waals surface area contributed by atoms with Crippen molar-refractivity contribution in [3.05, 3.63) is 88.7 Å². The van der Waals surface area contributed by atoms with E-state index in [0.29, 0.717) is 30.8 Å². The molecule has 0 bridgehead atoms. The second-order valence-electron chi connectivity index (χ2n) is 7.30. The van der Waals surface area contributed by atoms with Gasteiger partial charge < -0.3 is 10.8 Å². The van der Waals surface area contributed by atoms with E-state index < -0.39 is 17.5 Å². The number of pyridine rings is 1. The molecule has 1 amide bonds. The maximum absolute atomic E-state index is 14.5. The van der Waals surface area contributed by atoms with Gasteiger partial charge in [0.1, 0.15) is 17.3 Å². The van der Waals surface area contributed by atoms with Gasteiger partial charge in [0.2, 0.25) is 0 Å². The minimum Gasteiger partial charge on any atom is -0.394 e. The van der Waals surface area contributed by atoms with Gasteiger partial charge >= 0.3 is 0 Å². The summed E-state index contributed by atoms with van der Waals surface area (Å²) in [6.07, 6.45) is 0.539. The molecule has 0 radical (unpaired) electrons. The number of carbonyl (C=O) groups is 1. The van der Waals surface area contributed by atoms with Crippen molar-refractivity contribution in [3.8, 4) is 11.1 Å². The number of nitrogens with zero attached hydrogens (tertiary/aromatic N) is 2. The lowest BCUT2D eigenvalue weighted by atomic mass is 9.91. The first-order valence-electron chi connectivity index (χ1n) is 9.65. The van der Waals surface area contributed by atoms with Crippen LogP contribution >= 0.6 is 0 Å². The number of rotatable bonds is 5. The number of benzene rings is 2. The molecule has 0 spiro atoms. The predicted molar refractivity (Wildman–Crippen MR) is 108 cm³/mol. The van der Waals surface area contributed by atoms with Crippen molar-refractivity contribution in [2.45, 2.75) is 19.0 Å². The zero-order valence-electron chi connectivity index (χ0n) is 16.2. The fourth-order valence-electron chi connectivity index (χ4n) is 4.01. The first-order valence-corrected chi connectivity index (χ1v) is 9.65. The summed E-state index contributed by atoms with van der Waals surface area (Å²) in [5.41, 5.74) is 8.55. The zero-order valence-corrected chi connectivity index (χ0v) is 16.2. The maximum Gasteiger partial charge on any atom is 0.267 e. The Labute approximate surface area is 172 Å². The number of aromatic nitrogens is 1. The lowest BCUT2D eigenvalue weighted by Crippen LogP contribution is -2.37. The third-order valence-electron chi connectivity index (χ3n) is 5.48.